The minimum absolute atomic E-state index is 0. The number of nitrogens with zero attached hydrogens (tertiary/aromatic N) is 4. The van der Waals surface area contributed by atoms with Crippen molar-refractivity contribution in [3.8, 4) is 0 Å². The molecule has 8 nitrogen and oxygen atoms in total. The van der Waals surface area contributed by atoms with Gasteiger partial charge in [0.2, 0.25) is 5.91 Å². The van der Waals surface area contributed by atoms with Crippen LogP contribution in [-0.4, -0.2) is 67.4 Å². The van der Waals surface area contributed by atoms with Crippen LogP contribution in [0.5, 0.6) is 0 Å². The summed E-state index contributed by atoms with van der Waals surface area (Å²) < 4.78 is 6.95. The van der Waals surface area contributed by atoms with E-state index in [2.05, 4.69) is 32.9 Å². The van der Waals surface area contributed by atoms with Crippen molar-refractivity contribution in [2.24, 2.45) is 4.99 Å². The smallest absolute Gasteiger partial charge is 0.241 e. The summed E-state index contributed by atoms with van der Waals surface area (Å²) in [6.45, 7) is 2.53. The molecule has 1 amide bonds. The molecule has 0 atom stereocenters. The average molecular weight is 500 g/mol. The number of aliphatic imine (C=N–C) groups is 1. The van der Waals surface area contributed by atoms with Gasteiger partial charge in [0.15, 0.2) is 5.96 Å². The number of likely N-dealkylation sites (N-methyl/N-ethyl adjacent to an activating group) is 1. The quantitative estimate of drug-likeness (QED) is 0.235. The van der Waals surface area contributed by atoms with Gasteiger partial charge in [-0.2, -0.15) is 5.10 Å². The summed E-state index contributed by atoms with van der Waals surface area (Å²) >= 11 is 0. The van der Waals surface area contributed by atoms with Gasteiger partial charge >= 0.3 is 0 Å². The number of rotatable bonds is 9. The number of amides is 1. The van der Waals surface area contributed by atoms with E-state index in [4.69, 9.17) is 4.74 Å². The van der Waals surface area contributed by atoms with Crippen LogP contribution in [-0.2, 0) is 22.6 Å². The Hall–Kier alpha value is -2.14. The van der Waals surface area contributed by atoms with Crippen LogP contribution < -0.4 is 10.6 Å². The fraction of sp³-hybridized carbons (Fsp3) is 0.421. The topological polar surface area (TPSA) is 83.8 Å². The second kappa shape index (κ2) is 13.1. The van der Waals surface area contributed by atoms with Crippen LogP contribution in [0.1, 0.15) is 11.1 Å². The van der Waals surface area contributed by atoms with Crippen LogP contribution in [0, 0.1) is 0 Å². The van der Waals surface area contributed by atoms with Gasteiger partial charge in [-0.15, -0.1) is 24.0 Å². The number of ether oxygens (including phenoxy) is 1. The first-order valence-electron chi connectivity index (χ1n) is 8.85. The summed E-state index contributed by atoms with van der Waals surface area (Å²) in [6.07, 6.45) is 3.70. The molecule has 1 aromatic carbocycles. The second-order valence-electron chi connectivity index (χ2n) is 6.20. The maximum Gasteiger partial charge on any atom is 0.241 e. The lowest BCUT2D eigenvalue weighted by molar-refractivity contribution is -0.127. The van der Waals surface area contributed by atoms with E-state index >= 15 is 0 Å². The highest BCUT2D eigenvalue weighted by atomic mass is 127. The first-order valence-corrected chi connectivity index (χ1v) is 8.85. The Bertz CT molecular complexity index is 734. The van der Waals surface area contributed by atoms with Crippen molar-refractivity contribution in [1.29, 1.82) is 0 Å². The lowest BCUT2D eigenvalue weighted by atomic mass is 10.1. The number of carbonyl (C=O) groups excluding carboxylic acids is 1. The normalized spacial score (nSPS) is 10.9. The SMILES string of the molecule is COCCNC(=NCc1ccccc1Cn1cccn1)NCC(=O)N(C)C.I. The lowest BCUT2D eigenvalue weighted by Crippen LogP contribution is -2.43. The fourth-order valence-electron chi connectivity index (χ4n) is 2.36. The van der Waals surface area contributed by atoms with Crippen molar-refractivity contribution in [2.45, 2.75) is 13.1 Å². The van der Waals surface area contributed by atoms with Gasteiger partial charge in [0.25, 0.3) is 0 Å². The Morgan fingerprint density at radius 3 is 2.61 bits per heavy atom. The molecule has 2 rings (SSSR count). The zero-order valence-corrected chi connectivity index (χ0v) is 18.9. The van der Waals surface area contributed by atoms with E-state index in [1.165, 1.54) is 0 Å². The van der Waals surface area contributed by atoms with Crippen LogP contribution in [0.4, 0.5) is 0 Å². The summed E-state index contributed by atoms with van der Waals surface area (Å²) in [5, 5.41) is 10.5. The summed E-state index contributed by atoms with van der Waals surface area (Å²) in [7, 11) is 5.10. The number of aromatic nitrogens is 2. The molecular formula is C19H29IN6O2. The molecule has 0 bridgehead atoms. The molecule has 28 heavy (non-hydrogen) atoms. The molecule has 0 unspecified atom stereocenters. The van der Waals surface area contributed by atoms with E-state index in [0.717, 1.165) is 11.1 Å². The molecule has 0 aliphatic rings. The van der Waals surface area contributed by atoms with Gasteiger partial charge in [-0.3, -0.25) is 9.48 Å². The van der Waals surface area contributed by atoms with Gasteiger partial charge in [0, 0.05) is 40.1 Å². The zero-order valence-electron chi connectivity index (χ0n) is 16.6. The van der Waals surface area contributed by atoms with E-state index in [1.807, 2.05) is 29.1 Å². The number of nitrogens with one attached hydrogen (secondary N) is 2. The third-order valence-electron chi connectivity index (χ3n) is 3.92. The summed E-state index contributed by atoms with van der Waals surface area (Å²) in [6, 6.07) is 10.0. The molecule has 0 radical (unpaired) electrons. The highest BCUT2D eigenvalue weighted by molar-refractivity contribution is 14.0. The lowest BCUT2D eigenvalue weighted by Gasteiger charge is -2.15. The molecule has 1 aromatic heterocycles. The fourth-order valence-corrected chi connectivity index (χ4v) is 2.36. The number of guanidine groups is 1. The Balaban J connectivity index is 0.00000392. The molecule has 0 aliphatic carbocycles. The minimum atomic E-state index is -0.0182. The first-order chi connectivity index (χ1) is 13.1. The predicted octanol–water partition coefficient (Wildman–Crippen LogP) is 1.32. The Kier molecular flexibility index (Phi) is 11.2. The zero-order chi connectivity index (χ0) is 19.5. The van der Waals surface area contributed by atoms with E-state index in [9.17, 15) is 4.79 Å². The van der Waals surface area contributed by atoms with Gasteiger partial charge in [-0.25, -0.2) is 4.99 Å². The average Bonchev–Trinajstić information content (AvgIpc) is 3.17. The summed E-state index contributed by atoms with van der Waals surface area (Å²) in [4.78, 5) is 18.0. The Morgan fingerprint density at radius 1 is 1.21 bits per heavy atom. The van der Waals surface area contributed by atoms with Crippen LogP contribution in [0.15, 0.2) is 47.7 Å². The van der Waals surface area contributed by atoms with Gasteiger partial charge in [0.1, 0.15) is 0 Å². The monoisotopic (exact) mass is 500 g/mol. The molecule has 154 valence electrons. The molecule has 0 saturated carbocycles. The van der Waals surface area contributed by atoms with Crippen molar-refractivity contribution in [3.63, 3.8) is 0 Å². The van der Waals surface area contributed by atoms with Crippen molar-refractivity contribution in [3.05, 3.63) is 53.9 Å². The molecule has 0 spiro atoms. The molecular weight excluding hydrogens is 471 g/mol. The molecule has 2 N–H and O–H groups in total. The standard InChI is InChI=1S/C19H28N6O2.HI/c1-24(2)18(26)14-22-19(20-10-12-27-3)21-13-16-7-4-5-8-17(16)15-25-11-6-9-23-25;/h4-9,11H,10,12-15H2,1-3H3,(H2,20,21,22);1H. The van der Waals surface area contributed by atoms with Crippen LogP contribution in [0.25, 0.3) is 0 Å². The van der Waals surface area contributed by atoms with Crippen LogP contribution >= 0.6 is 24.0 Å². The largest absolute Gasteiger partial charge is 0.383 e. The molecule has 9 heteroatoms. The highest BCUT2D eigenvalue weighted by Crippen LogP contribution is 2.11. The van der Waals surface area contributed by atoms with Gasteiger partial charge in [0.05, 0.1) is 26.2 Å². The molecule has 2 aromatic rings. The van der Waals surface area contributed by atoms with Crippen molar-refractivity contribution < 1.29 is 9.53 Å². The molecule has 0 fully saturated rings. The van der Waals surface area contributed by atoms with E-state index in [1.54, 1.807) is 32.3 Å². The third kappa shape index (κ3) is 8.26. The second-order valence-corrected chi connectivity index (χ2v) is 6.20. The summed E-state index contributed by atoms with van der Waals surface area (Å²) in [5.74, 6) is 0.562. The number of hydrogen-bond acceptors (Lipinski definition) is 4. The minimum Gasteiger partial charge on any atom is -0.383 e. The number of benzene rings is 1. The Morgan fingerprint density at radius 2 is 1.96 bits per heavy atom. The molecule has 0 saturated heterocycles. The van der Waals surface area contributed by atoms with Crippen molar-refractivity contribution in [2.75, 3.05) is 40.9 Å². The molecule has 0 aliphatic heterocycles. The highest BCUT2D eigenvalue weighted by Gasteiger charge is 2.07. The molecule has 1 heterocycles. The van der Waals surface area contributed by atoms with Gasteiger partial charge in [-0.05, 0) is 17.2 Å². The Labute approximate surface area is 183 Å². The number of halogens is 1. The van der Waals surface area contributed by atoms with Crippen molar-refractivity contribution >= 4 is 35.8 Å². The van der Waals surface area contributed by atoms with E-state index < -0.39 is 0 Å². The summed E-state index contributed by atoms with van der Waals surface area (Å²) in [5.41, 5.74) is 2.27. The van der Waals surface area contributed by atoms with E-state index in [0.29, 0.717) is 32.2 Å². The predicted molar refractivity (Wildman–Crippen MR) is 121 cm³/mol. The number of methoxy groups -OCH3 is 1. The maximum absolute atomic E-state index is 11.8. The first kappa shape index (κ1) is 23.9. The van der Waals surface area contributed by atoms with Gasteiger partial charge < -0.3 is 20.3 Å². The van der Waals surface area contributed by atoms with Gasteiger partial charge in [-0.1, -0.05) is 24.3 Å². The van der Waals surface area contributed by atoms with Crippen molar-refractivity contribution in [1.82, 2.24) is 25.3 Å². The van der Waals surface area contributed by atoms with Crippen LogP contribution in [0.2, 0.25) is 0 Å². The third-order valence-corrected chi connectivity index (χ3v) is 3.92. The van der Waals surface area contributed by atoms with Crippen LogP contribution in [0.3, 0.4) is 0 Å². The number of hydrogen-bond donors (Lipinski definition) is 2. The number of carbonyl (C=O) groups is 1. The maximum atomic E-state index is 11.8. The van der Waals surface area contributed by atoms with E-state index in [-0.39, 0.29) is 36.4 Å².